The minimum absolute atomic E-state index is 0.0225. The summed E-state index contributed by atoms with van der Waals surface area (Å²) < 4.78 is 10.5. The maximum absolute atomic E-state index is 12.3. The molecule has 2 aromatic carbocycles. The molecule has 0 saturated carbocycles. The molecule has 1 aliphatic heterocycles. The number of fused-ring (bicyclic) bond motifs is 1. The van der Waals surface area contributed by atoms with Crippen molar-refractivity contribution in [1.82, 2.24) is 5.32 Å². The number of carbonyl (C=O) groups excluding carboxylic acids is 1. The smallest absolute Gasteiger partial charge is 0.251 e. The van der Waals surface area contributed by atoms with E-state index >= 15 is 0 Å². The summed E-state index contributed by atoms with van der Waals surface area (Å²) in [5, 5.41) is 12.4. The Hall–Kier alpha value is -2.53. The molecule has 5 nitrogen and oxygen atoms in total. The van der Waals surface area contributed by atoms with Gasteiger partial charge in [0, 0.05) is 24.6 Å². The van der Waals surface area contributed by atoms with Crippen LogP contribution in [0.2, 0.25) is 0 Å². The van der Waals surface area contributed by atoms with Gasteiger partial charge < -0.3 is 19.9 Å². The van der Waals surface area contributed by atoms with E-state index in [0.29, 0.717) is 23.6 Å². The van der Waals surface area contributed by atoms with Gasteiger partial charge in [0.05, 0.1) is 0 Å². The Morgan fingerprint density at radius 1 is 1.17 bits per heavy atom. The van der Waals surface area contributed by atoms with Crippen molar-refractivity contribution < 1.29 is 19.4 Å². The third-order valence-electron chi connectivity index (χ3n) is 4.09. The Kier molecular flexibility index (Phi) is 5.01. The maximum Gasteiger partial charge on any atom is 0.251 e. The minimum Gasteiger partial charge on any atom is -0.454 e. The van der Waals surface area contributed by atoms with Crippen LogP contribution in [-0.4, -0.2) is 31.0 Å². The van der Waals surface area contributed by atoms with E-state index in [1.807, 2.05) is 6.92 Å². The predicted molar refractivity (Wildman–Crippen MR) is 90.4 cm³/mol. The number of rotatable bonds is 6. The first-order valence-corrected chi connectivity index (χ1v) is 8.00. The number of aliphatic hydroxyl groups excluding tert-OH is 1. The van der Waals surface area contributed by atoms with Gasteiger partial charge in [0.25, 0.3) is 5.91 Å². The van der Waals surface area contributed by atoms with Gasteiger partial charge in [0.1, 0.15) is 0 Å². The molecule has 0 aliphatic carbocycles. The average Bonchev–Trinajstić information content (AvgIpc) is 3.07. The topological polar surface area (TPSA) is 67.8 Å². The molecule has 5 heteroatoms. The second kappa shape index (κ2) is 7.36. The van der Waals surface area contributed by atoms with E-state index in [0.717, 1.165) is 12.0 Å². The molecule has 0 saturated heterocycles. The van der Waals surface area contributed by atoms with Gasteiger partial charge in [-0.2, -0.15) is 0 Å². The SMILES string of the molecule is Cc1ccc(C[C@@H](CO)CNC(=O)c2ccc3c(c2)OCO3)cc1. The predicted octanol–water partition coefficient (Wildman–Crippen LogP) is 2.30. The van der Waals surface area contributed by atoms with Gasteiger partial charge in [-0.1, -0.05) is 29.8 Å². The molecular weight excluding hydrogens is 306 g/mol. The summed E-state index contributed by atoms with van der Waals surface area (Å²) in [6, 6.07) is 13.3. The van der Waals surface area contributed by atoms with E-state index < -0.39 is 0 Å². The molecule has 2 N–H and O–H groups in total. The molecule has 1 amide bonds. The molecule has 126 valence electrons. The van der Waals surface area contributed by atoms with Crippen molar-refractivity contribution in [3.8, 4) is 11.5 Å². The lowest BCUT2D eigenvalue weighted by atomic mass is 9.99. The number of benzene rings is 2. The molecule has 0 radical (unpaired) electrons. The van der Waals surface area contributed by atoms with Gasteiger partial charge in [-0.3, -0.25) is 4.79 Å². The fourth-order valence-electron chi connectivity index (χ4n) is 2.64. The van der Waals surface area contributed by atoms with Crippen LogP contribution in [0.25, 0.3) is 0 Å². The van der Waals surface area contributed by atoms with E-state index in [1.165, 1.54) is 5.56 Å². The van der Waals surface area contributed by atoms with Crippen molar-refractivity contribution in [3.05, 3.63) is 59.2 Å². The van der Waals surface area contributed by atoms with Crippen LogP contribution in [0, 0.1) is 12.8 Å². The van der Waals surface area contributed by atoms with Gasteiger partial charge in [0.2, 0.25) is 6.79 Å². The number of aryl methyl sites for hydroxylation is 1. The Balaban J connectivity index is 1.56. The number of hydrogen-bond donors (Lipinski definition) is 2. The third-order valence-corrected chi connectivity index (χ3v) is 4.09. The zero-order chi connectivity index (χ0) is 16.9. The van der Waals surface area contributed by atoms with Crippen LogP contribution >= 0.6 is 0 Å². The number of aliphatic hydroxyl groups is 1. The van der Waals surface area contributed by atoms with Crippen molar-refractivity contribution in [1.29, 1.82) is 0 Å². The van der Waals surface area contributed by atoms with Crippen LogP contribution < -0.4 is 14.8 Å². The summed E-state index contributed by atoms with van der Waals surface area (Å²) in [7, 11) is 0. The highest BCUT2D eigenvalue weighted by Gasteiger charge is 2.17. The van der Waals surface area contributed by atoms with Crippen molar-refractivity contribution >= 4 is 5.91 Å². The van der Waals surface area contributed by atoms with E-state index in [9.17, 15) is 9.90 Å². The molecular formula is C19H21NO4. The Bertz CT molecular complexity index is 712. The Morgan fingerprint density at radius 3 is 2.67 bits per heavy atom. The number of ether oxygens (including phenoxy) is 2. The quantitative estimate of drug-likeness (QED) is 0.854. The highest BCUT2D eigenvalue weighted by Crippen LogP contribution is 2.32. The van der Waals surface area contributed by atoms with Crippen molar-refractivity contribution in [2.75, 3.05) is 19.9 Å². The fraction of sp³-hybridized carbons (Fsp3) is 0.316. The zero-order valence-electron chi connectivity index (χ0n) is 13.6. The van der Waals surface area contributed by atoms with Gasteiger partial charge in [0.15, 0.2) is 11.5 Å². The molecule has 1 atom stereocenters. The van der Waals surface area contributed by atoms with E-state index in [4.69, 9.17) is 9.47 Å². The van der Waals surface area contributed by atoms with Crippen LogP contribution in [0.3, 0.4) is 0 Å². The molecule has 0 bridgehead atoms. The molecule has 3 rings (SSSR count). The van der Waals surface area contributed by atoms with Gasteiger partial charge in [-0.15, -0.1) is 0 Å². The second-order valence-electron chi connectivity index (χ2n) is 6.02. The molecule has 0 spiro atoms. The van der Waals surface area contributed by atoms with Crippen LogP contribution in [0.15, 0.2) is 42.5 Å². The van der Waals surface area contributed by atoms with Crippen molar-refractivity contribution in [2.45, 2.75) is 13.3 Å². The summed E-state index contributed by atoms with van der Waals surface area (Å²) in [5.74, 6) is 1.03. The Morgan fingerprint density at radius 2 is 1.92 bits per heavy atom. The number of nitrogens with one attached hydrogen (secondary N) is 1. The number of amides is 1. The molecule has 0 aromatic heterocycles. The van der Waals surface area contributed by atoms with Crippen LogP contribution in [0.1, 0.15) is 21.5 Å². The monoisotopic (exact) mass is 327 g/mol. The van der Waals surface area contributed by atoms with Crippen molar-refractivity contribution in [3.63, 3.8) is 0 Å². The standard InChI is InChI=1S/C19H21NO4/c1-13-2-4-14(5-3-13)8-15(11-21)10-20-19(22)16-6-7-17-18(9-16)24-12-23-17/h2-7,9,15,21H,8,10-12H2,1H3,(H,20,22)/t15-/m1/s1. The second-order valence-corrected chi connectivity index (χ2v) is 6.02. The summed E-state index contributed by atoms with van der Waals surface area (Å²) in [6.07, 6.45) is 0.720. The van der Waals surface area contributed by atoms with Crippen LogP contribution in [0.5, 0.6) is 11.5 Å². The molecule has 2 aromatic rings. The zero-order valence-corrected chi connectivity index (χ0v) is 13.6. The van der Waals surface area contributed by atoms with E-state index in [1.54, 1.807) is 18.2 Å². The average molecular weight is 327 g/mol. The summed E-state index contributed by atoms with van der Waals surface area (Å²) in [5.41, 5.74) is 2.87. The third kappa shape index (κ3) is 3.86. The molecule has 0 unspecified atom stereocenters. The summed E-state index contributed by atoms with van der Waals surface area (Å²) >= 11 is 0. The highest BCUT2D eigenvalue weighted by atomic mass is 16.7. The van der Waals surface area contributed by atoms with E-state index in [2.05, 4.69) is 29.6 Å². The minimum atomic E-state index is -0.185. The normalized spacial score (nSPS) is 13.6. The highest BCUT2D eigenvalue weighted by molar-refractivity contribution is 5.94. The first-order chi connectivity index (χ1) is 11.7. The molecule has 1 aliphatic rings. The summed E-state index contributed by atoms with van der Waals surface area (Å²) in [6.45, 7) is 2.66. The lowest BCUT2D eigenvalue weighted by molar-refractivity contribution is 0.0939. The number of hydrogen-bond acceptors (Lipinski definition) is 4. The largest absolute Gasteiger partial charge is 0.454 e. The van der Waals surface area contributed by atoms with E-state index in [-0.39, 0.29) is 25.2 Å². The van der Waals surface area contributed by atoms with Gasteiger partial charge in [-0.05, 0) is 37.1 Å². The first kappa shape index (κ1) is 16.3. The number of carbonyl (C=O) groups is 1. The van der Waals surface area contributed by atoms with Gasteiger partial charge >= 0.3 is 0 Å². The van der Waals surface area contributed by atoms with Gasteiger partial charge in [-0.25, -0.2) is 0 Å². The molecule has 24 heavy (non-hydrogen) atoms. The van der Waals surface area contributed by atoms with Crippen molar-refractivity contribution in [2.24, 2.45) is 5.92 Å². The lowest BCUT2D eigenvalue weighted by Gasteiger charge is -2.15. The maximum atomic E-state index is 12.3. The lowest BCUT2D eigenvalue weighted by Crippen LogP contribution is -2.31. The van der Waals surface area contributed by atoms with Crippen LogP contribution in [0.4, 0.5) is 0 Å². The molecule has 0 fully saturated rings. The molecule has 1 heterocycles. The van der Waals surface area contributed by atoms with Crippen LogP contribution in [-0.2, 0) is 6.42 Å². The Labute approximate surface area is 141 Å². The fourth-order valence-corrected chi connectivity index (χ4v) is 2.64. The first-order valence-electron chi connectivity index (χ1n) is 8.00. The summed E-state index contributed by atoms with van der Waals surface area (Å²) in [4.78, 5) is 12.3.